The molecule has 0 saturated carbocycles. The van der Waals surface area contributed by atoms with Crippen molar-refractivity contribution in [3.8, 4) is 0 Å². The molecular weight excluding hydrogens is 256 g/mol. The van der Waals surface area contributed by atoms with Crippen LogP contribution in [0.2, 0.25) is 0 Å². The average Bonchev–Trinajstić information content (AvgIpc) is 2.63. The van der Waals surface area contributed by atoms with Gasteiger partial charge in [0.05, 0.1) is 28.6 Å². The number of carbonyl (C=O) groups is 1. The van der Waals surface area contributed by atoms with Gasteiger partial charge in [0.25, 0.3) is 0 Å². The molecule has 0 atom stereocenters. The fraction of sp³-hybridized carbons (Fsp3) is 0.636. The average molecular weight is 274 g/mol. The number of aryl methyl sites for hydroxylation is 1. The van der Waals surface area contributed by atoms with Gasteiger partial charge < -0.3 is 10.4 Å². The summed E-state index contributed by atoms with van der Waals surface area (Å²) in [6.07, 6.45) is 0. The highest BCUT2D eigenvalue weighted by Gasteiger charge is 2.18. The number of aliphatic hydroxyl groups excluding tert-OH is 1. The molecule has 0 bridgehead atoms. The van der Waals surface area contributed by atoms with Gasteiger partial charge in [-0.15, -0.1) is 23.1 Å². The zero-order chi connectivity index (χ0) is 12.9. The zero-order valence-corrected chi connectivity index (χ0v) is 12.0. The van der Waals surface area contributed by atoms with Crippen LogP contribution in [0, 0.1) is 6.92 Å². The Labute approximate surface area is 110 Å². The molecule has 0 spiro atoms. The van der Waals surface area contributed by atoms with E-state index in [9.17, 15) is 4.79 Å². The first-order valence-corrected chi connectivity index (χ1v) is 7.37. The first-order chi connectivity index (χ1) is 7.93. The van der Waals surface area contributed by atoms with Crippen molar-refractivity contribution in [2.24, 2.45) is 0 Å². The lowest BCUT2D eigenvalue weighted by Crippen LogP contribution is -2.47. The van der Waals surface area contributed by atoms with Crippen LogP contribution < -0.4 is 5.32 Å². The molecule has 1 aromatic heterocycles. The second kappa shape index (κ2) is 6.37. The third kappa shape index (κ3) is 5.52. The Hall–Kier alpha value is -0.590. The van der Waals surface area contributed by atoms with Crippen LogP contribution in [0.15, 0.2) is 5.38 Å². The van der Waals surface area contributed by atoms with Crippen molar-refractivity contribution >= 4 is 29.0 Å². The Morgan fingerprint density at radius 3 is 2.88 bits per heavy atom. The Morgan fingerprint density at radius 1 is 1.65 bits per heavy atom. The van der Waals surface area contributed by atoms with Gasteiger partial charge in [0.1, 0.15) is 0 Å². The van der Waals surface area contributed by atoms with Gasteiger partial charge in [-0.25, -0.2) is 4.98 Å². The van der Waals surface area contributed by atoms with E-state index in [0.717, 1.165) is 16.5 Å². The largest absolute Gasteiger partial charge is 0.394 e. The molecular formula is C11H18N2O2S2. The smallest absolute Gasteiger partial charge is 0.230 e. The number of nitrogens with one attached hydrogen (secondary N) is 1. The van der Waals surface area contributed by atoms with E-state index in [2.05, 4.69) is 10.3 Å². The molecule has 0 aromatic carbocycles. The van der Waals surface area contributed by atoms with E-state index < -0.39 is 5.54 Å². The molecule has 0 saturated heterocycles. The van der Waals surface area contributed by atoms with Gasteiger partial charge in [-0.1, -0.05) is 0 Å². The minimum Gasteiger partial charge on any atom is -0.394 e. The lowest BCUT2D eigenvalue weighted by Gasteiger charge is -2.23. The van der Waals surface area contributed by atoms with Crippen LogP contribution >= 0.6 is 23.1 Å². The number of carbonyl (C=O) groups excluding carboxylic acids is 1. The Kier molecular flexibility index (Phi) is 5.42. The fourth-order valence-corrected chi connectivity index (χ4v) is 2.61. The molecule has 17 heavy (non-hydrogen) atoms. The van der Waals surface area contributed by atoms with Gasteiger partial charge in [-0.05, 0) is 20.8 Å². The maximum atomic E-state index is 11.6. The Bertz CT molecular complexity index is 377. The molecule has 1 rings (SSSR count). The van der Waals surface area contributed by atoms with Crippen LogP contribution in [0.1, 0.15) is 24.5 Å². The van der Waals surface area contributed by atoms with Gasteiger partial charge >= 0.3 is 0 Å². The summed E-state index contributed by atoms with van der Waals surface area (Å²) in [6, 6.07) is 0. The highest BCUT2D eigenvalue weighted by molar-refractivity contribution is 7.99. The van der Waals surface area contributed by atoms with E-state index in [1.165, 1.54) is 11.8 Å². The maximum absolute atomic E-state index is 11.6. The van der Waals surface area contributed by atoms with Crippen LogP contribution in [0.25, 0.3) is 0 Å². The quantitative estimate of drug-likeness (QED) is 0.826. The highest BCUT2D eigenvalue weighted by atomic mass is 32.2. The van der Waals surface area contributed by atoms with Gasteiger partial charge in [0.15, 0.2) is 0 Å². The SMILES string of the molecule is Cc1nc(CSCC(=O)NC(C)(C)CO)cs1. The highest BCUT2D eigenvalue weighted by Crippen LogP contribution is 2.15. The number of rotatable bonds is 6. The molecule has 2 N–H and O–H groups in total. The van der Waals surface area contributed by atoms with E-state index in [0.29, 0.717) is 5.75 Å². The predicted octanol–water partition coefficient (Wildman–Crippen LogP) is 1.57. The van der Waals surface area contributed by atoms with Gasteiger partial charge in [-0.2, -0.15) is 0 Å². The summed E-state index contributed by atoms with van der Waals surface area (Å²) in [5.74, 6) is 1.08. The molecule has 0 radical (unpaired) electrons. The summed E-state index contributed by atoms with van der Waals surface area (Å²) in [7, 11) is 0. The van der Waals surface area contributed by atoms with Gasteiger partial charge in [0.2, 0.25) is 5.91 Å². The Balaban J connectivity index is 2.25. The van der Waals surface area contributed by atoms with Gasteiger partial charge in [0, 0.05) is 11.1 Å². The molecule has 6 heteroatoms. The standard InChI is InChI=1S/C11H18N2O2S2/c1-8-12-9(5-17-8)4-16-6-10(15)13-11(2,3)7-14/h5,14H,4,6-7H2,1-3H3,(H,13,15). The number of nitrogens with zero attached hydrogens (tertiary/aromatic N) is 1. The van der Waals surface area contributed by atoms with Crippen molar-refractivity contribution in [1.82, 2.24) is 10.3 Å². The minimum absolute atomic E-state index is 0.0546. The predicted molar refractivity (Wildman–Crippen MR) is 72.3 cm³/mol. The molecule has 0 unspecified atom stereocenters. The summed E-state index contributed by atoms with van der Waals surface area (Å²) in [6.45, 7) is 5.49. The first-order valence-electron chi connectivity index (χ1n) is 5.33. The number of aliphatic hydroxyl groups is 1. The van der Waals surface area contributed by atoms with Crippen molar-refractivity contribution in [1.29, 1.82) is 0 Å². The fourth-order valence-electron chi connectivity index (χ4n) is 1.18. The summed E-state index contributed by atoms with van der Waals surface area (Å²) in [5.41, 5.74) is 0.473. The van der Waals surface area contributed by atoms with Crippen molar-refractivity contribution in [3.63, 3.8) is 0 Å². The molecule has 1 amide bonds. The molecule has 1 aromatic rings. The van der Waals surface area contributed by atoms with Crippen molar-refractivity contribution in [3.05, 3.63) is 16.1 Å². The summed E-state index contributed by atoms with van der Waals surface area (Å²) < 4.78 is 0. The molecule has 1 heterocycles. The number of hydrogen-bond acceptors (Lipinski definition) is 5. The van der Waals surface area contributed by atoms with Crippen molar-refractivity contribution in [2.45, 2.75) is 32.1 Å². The molecule has 4 nitrogen and oxygen atoms in total. The zero-order valence-electron chi connectivity index (χ0n) is 10.3. The van der Waals surface area contributed by atoms with Gasteiger partial charge in [-0.3, -0.25) is 4.79 Å². The van der Waals surface area contributed by atoms with Crippen LogP contribution in [-0.4, -0.2) is 33.9 Å². The summed E-state index contributed by atoms with van der Waals surface area (Å²) >= 11 is 3.15. The van der Waals surface area contributed by atoms with Crippen molar-refractivity contribution < 1.29 is 9.90 Å². The van der Waals surface area contributed by atoms with E-state index in [4.69, 9.17) is 5.11 Å². The maximum Gasteiger partial charge on any atom is 0.230 e. The lowest BCUT2D eigenvalue weighted by atomic mass is 10.1. The summed E-state index contributed by atoms with van der Waals surface area (Å²) in [4.78, 5) is 15.9. The second-order valence-electron chi connectivity index (χ2n) is 4.44. The number of aromatic nitrogens is 1. The molecule has 0 fully saturated rings. The molecule has 0 aliphatic carbocycles. The lowest BCUT2D eigenvalue weighted by molar-refractivity contribution is -0.120. The van der Waals surface area contributed by atoms with Crippen LogP contribution in [0.3, 0.4) is 0 Å². The topological polar surface area (TPSA) is 62.2 Å². The molecule has 0 aliphatic heterocycles. The van der Waals surface area contributed by atoms with E-state index in [-0.39, 0.29) is 12.5 Å². The van der Waals surface area contributed by atoms with E-state index in [1.54, 1.807) is 25.2 Å². The van der Waals surface area contributed by atoms with Crippen LogP contribution in [-0.2, 0) is 10.5 Å². The van der Waals surface area contributed by atoms with Crippen LogP contribution in [0.5, 0.6) is 0 Å². The third-order valence-electron chi connectivity index (χ3n) is 2.02. The number of thioether (sulfide) groups is 1. The van der Waals surface area contributed by atoms with Crippen LogP contribution in [0.4, 0.5) is 0 Å². The van der Waals surface area contributed by atoms with Crippen molar-refractivity contribution in [2.75, 3.05) is 12.4 Å². The van der Waals surface area contributed by atoms with E-state index >= 15 is 0 Å². The Morgan fingerprint density at radius 2 is 2.35 bits per heavy atom. The number of hydrogen-bond donors (Lipinski definition) is 2. The first kappa shape index (κ1) is 14.5. The number of amides is 1. The summed E-state index contributed by atoms with van der Waals surface area (Å²) in [5, 5.41) is 14.8. The third-order valence-corrected chi connectivity index (χ3v) is 3.81. The minimum atomic E-state index is -0.547. The monoisotopic (exact) mass is 274 g/mol. The normalized spacial score (nSPS) is 11.5. The second-order valence-corrected chi connectivity index (χ2v) is 6.49. The van der Waals surface area contributed by atoms with E-state index in [1.807, 2.05) is 12.3 Å². The number of thiazole rings is 1. The molecule has 0 aliphatic rings. The molecule has 96 valence electrons.